The Morgan fingerprint density at radius 3 is 2.57 bits per heavy atom. The molecule has 1 aromatic carbocycles. The Balaban J connectivity index is 1.69. The van der Waals surface area contributed by atoms with Gasteiger partial charge in [-0.2, -0.15) is 13.2 Å². The molecule has 150 valence electrons. The molecule has 28 heavy (non-hydrogen) atoms. The number of aromatic nitrogens is 1. The number of rotatable bonds is 4. The predicted molar refractivity (Wildman–Crippen MR) is 98.5 cm³/mol. The largest absolute Gasteiger partial charge is 0.416 e. The summed E-state index contributed by atoms with van der Waals surface area (Å²) in [7, 11) is 0. The minimum atomic E-state index is -4.65. The molecule has 0 unspecified atom stereocenters. The third-order valence-electron chi connectivity index (χ3n) is 4.56. The van der Waals surface area contributed by atoms with Crippen molar-refractivity contribution in [1.82, 2.24) is 4.98 Å². The van der Waals surface area contributed by atoms with Crippen molar-refractivity contribution < 1.29 is 22.9 Å². The van der Waals surface area contributed by atoms with E-state index < -0.39 is 22.4 Å². The van der Waals surface area contributed by atoms with Crippen molar-refractivity contribution >= 4 is 33.8 Å². The van der Waals surface area contributed by atoms with Crippen LogP contribution in [-0.2, 0) is 11.0 Å². The average Bonchev–Trinajstić information content (AvgIpc) is 3.05. The van der Waals surface area contributed by atoms with Gasteiger partial charge < -0.3 is 10.2 Å². The molecule has 2 heterocycles. The highest BCUT2D eigenvalue weighted by Gasteiger charge is 2.35. The van der Waals surface area contributed by atoms with Crippen LogP contribution in [0.5, 0.6) is 0 Å². The molecule has 11 heteroatoms. The number of thiazole rings is 1. The van der Waals surface area contributed by atoms with Crippen molar-refractivity contribution in [1.29, 1.82) is 0 Å². The molecule has 1 aliphatic rings. The number of alkyl halides is 3. The SMILES string of the molecule is Cc1csc(NC(=O)C2CCN(c3ccc(C(F)(F)F)cc3[N+](=O)[O-])CC2)n1. The first-order valence-electron chi connectivity index (χ1n) is 8.48. The standard InChI is InChI=1S/C17H17F3N4O3S/c1-10-9-28-16(21-10)22-15(25)11-4-6-23(7-5-11)13-3-2-12(17(18,19)20)8-14(13)24(26)27/h2-3,8-9,11H,4-7H2,1H3,(H,21,22,25). The van der Waals surface area contributed by atoms with E-state index in [1.807, 2.05) is 12.3 Å². The molecule has 0 spiro atoms. The lowest BCUT2D eigenvalue weighted by Crippen LogP contribution is -2.38. The highest BCUT2D eigenvalue weighted by Crippen LogP contribution is 2.37. The molecule has 1 N–H and O–H groups in total. The van der Waals surface area contributed by atoms with Crippen LogP contribution in [0.25, 0.3) is 0 Å². The summed E-state index contributed by atoms with van der Waals surface area (Å²) >= 11 is 1.33. The van der Waals surface area contributed by atoms with Gasteiger partial charge in [-0.25, -0.2) is 4.98 Å². The Labute approximate surface area is 162 Å². The zero-order chi connectivity index (χ0) is 20.5. The lowest BCUT2D eigenvalue weighted by atomic mass is 9.95. The van der Waals surface area contributed by atoms with Crippen molar-refractivity contribution in [3.8, 4) is 0 Å². The first kappa shape index (κ1) is 20.1. The van der Waals surface area contributed by atoms with Crippen LogP contribution in [0.3, 0.4) is 0 Å². The van der Waals surface area contributed by atoms with E-state index in [-0.39, 0.29) is 17.5 Å². The van der Waals surface area contributed by atoms with Gasteiger partial charge in [-0.15, -0.1) is 11.3 Å². The van der Waals surface area contributed by atoms with Gasteiger partial charge in [0.05, 0.1) is 16.2 Å². The van der Waals surface area contributed by atoms with E-state index in [2.05, 4.69) is 10.3 Å². The van der Waals surface area contributed by atoms with Gasteiger partial charge in [0.2, 0.25) is 5.91 Å². The molecule has 0 radical (unpaired) electrons. The first-order chi connectivity index (χ1) is 13.1. The zero-order valence-corrected chi connectivity index (χ0v) is 15.6. The van der Waals surface area contributed by atoms with Crippen molar-refractivity contribution in [2.45, 2.75) is 25.9 Å². The number of anilines is 2. The number of amides is 1. The smallest absolute Gasteiger partial charge is 0.366 e. The summed E-state index contributed by atoms with van der Waals surface area (Å²) in [6.07, 6.45) is -3.77. The summed E-state index contributed by atoms with van der Waals surface area (Å²) in [5.74, 6) is -0.454. The quantitative estimate of drug-likeness (QED) is 0.597. The molecule has 0 bridgehead atoms. The third kappa shape index (κ3) is 4.41. The number of nitro groups is 1. The van der Waals surface area contributed by atoms with Crippen LogP contribution in [0.4, 0.5) is 29.7 Å². The van der Waals surface area contributed by atoms with E-state index >= 15 is 0 Å². The highest BCUT2D eigenvalue weighted by molar-refractivity contribution is 7.13. The number of hydrogen-bond acceptors (Lipinski definition) is 6. The van der Waals surface area contributed by atoms with Crippen molar-refractivity contribution in [2.75, 3.05) is 23.3 Å². The van der Waals surface area contributed by atoms with Crippen LogP contribution in [0.15, 0.2) is 23.6 Å². The fourth-order valence-corrected chi connectivity index (χ4v) is 3.81. The first-order valence-corrected chi connectivity index (χ1v) is 9.36. The summed E-state index contributed by atoms with van der Waals surface area (Å²) in [6.45, 7) is 2.49. The monoisotopic (exact) mass is 414 g/mol. The highest BCUT2D eigenvalue weighted by atomic mass is 32.1. The molecule has 0 aliphatic carbocycles. The number of nitrogens with zero attached hydrogens (tertiary/aromatic N) is 3. The normalized spacial score (nSPS) is 15.5. The summed E-state index contributed by atoms with van der Waals surface area (Å²) in [5, 5.41) is 16.4. The van der Waals surface area contributed by atoms with E-state index in [9.17, 15) is 28.1 Å². The fraction of sp³-hybridized carbons (Fsp3) is 0.412. The second kappa shape index (κ2) is 7.74. The molecule has 1 amide bonds. The number of nitro benzene ring substituents is 1. The van der Waals surface area contributed by atoms with Crippen LogP contribution in [-0.4, -0.2) is 28.9 Å². The van der Waals surface area contributed by atoms with Gasteiger partial charge in [-0.3, -0.25) is 14.9 Å². The number of nitrogens with one attached hydrogen (secondary N) is 1. The maximum atomic E-state index is 12.8. The summed E-state index contributed by atoms with van der Waals surface area (Å²) in [6, 6.07) is 2.52. The number of halogens is 3. The molecule has 2 aromatic rings. The van der Waals surface area contributed by atoms with E-state index in [0.29, 0.717) is 37.1 Å². The van der Waals surface area contributed by atoms with Gasteiger partial charge in [0, 0.05) is 30.5 Å². The molecular weight excluding hydrogens is 397 g/mol. The Bertz CT molecular complexity index is 892. The van der Waals surface area contributed by atoms with Gasteiger partial charge in [-0.05, 0) is 31.9 Å². The van der Waals surface area contributed by atoms with Crippen LogP contribution < -0.4 is 10.2 Å². The van der Waals surface area contributed by atoms with Crippen molar-refractivity contribution in [3.63, 3.8) is 0 Å². The number of piperidine rings is 1. The minimum absolute atomic E-state index is 0.132. The molecule has 0 atom stereocenters. The van der Waals surface area contributed by atoms with E-state index in [0.717, 1.165) is 17.8 Å². The summed E-state index contributed by atoms with van der Waals surface area (Å²) in [5.41, 5.74) is -0.705. The molecule has 3 rings (SSSR count). The second-order valence-electron chi connectivity index (χ2n) is 6.50. The van der Waals surface area contributed by atoms with Crippen molar-refractivity contribution in [3.05, 3.63) is 45.0 Å². The van der Waals surface area contributed by atoms with Gasteiger partial charge in [0.25, 0.3) is 5.69 Å². The Kier molecular flexibility index (Phi) is 5.54. The zero-order valence-electron chi connectivity index (χ0n) is 14.8. The maximum absolute atomic E-state index is 12.8. The molecule has 7 nitrogen and oxygen atoms in total. The number of aryl methyl sites for hydroxylation is 1. The molecule has 1 fully saturated rings. The second-order valence-corrected chi connectivity index (χ2v) is 7.36. The lowest BCUT2D eigenvalue weighted by Gasteiger charge is -2.32. The number of carbonyl (C=O) groups excluding carboxylic acids is 1. The van der Waals surface area contributed by atoms with E-state index in [1.54, 1.807) is 4.90 Å². The van der Waals surface area contributed by atoms with Crippen LogP contribution >= 0.6 is 11.3 Å². The maximum Gasteiger partial charge on any atom is 0.416 e. The van der Waals surface area contributed by atoms with E-state index in [4.69, 9.17) is 0 Å². The van der Waals surface area contributed by atoms with Gasteiger partial charge >= 0.3 is 6.18 Å². The summed E-state index contributed by atoms with van der Waals surface area (Å²) in [4.78, 5) is 28.6. The van der Waals surface area contributed by atoms with Gasteiger partial charge in [0.15, 0.2) is 5.13 Å². The number of benzene rings is 1. The average molecular weight is 414 g/mol. The molecule has 1 aromatic heterocycles. The molecule has 1 saturated heterocycles. The van der Waals surface area contributed by atoms with E-state index in [1.165, 1.54) is 11.3 Å². The lowest BCUT2D eigenvalue weighted by molar-refractivity contribution is -0.384. The van der Waals surface area contributed by atoms with Crippen LogP contribution in [0, 0.1) is 23.0 Å². The summed E-state index contributed by atoms with van der Waals surface area (Å²) < 4.78 is 38.5. The third-order valence-corrected chi connectivity index (χ3v) is 5.43. The topological polar surface area (TPSA) is 88.4 Å². The van der Waals surface area contributed by atoms with Gasteiger partial charge in [-0.1, -0.05) is 0 Å². The Morgan fingerprint density at radius 1 is 1.36 bits per heavy atom. The Hall–Kier alpha value is -2.69. The molecular formula is C17H17F3N4O3S. The number of hydrogen-bond donors (Lipinski definition) is 1. The Morgan fingerprint density at radius 2 is 2.04 bits per heavy atom. The van der Waals surface area contributed by atoms with Crippen molar-refractivity contribution in [2.24, 2.45) is 5.92 Å². The molecule has 0 saturated carbocycles. The predicted octanol–water partition coefficient (Wildman–Crippen LogP) is 4.23. The van der Waals surface area contributed by atoms with Crippen LogP contribution in [0.1, 0.15) is 24.1 Å². The van der Waals surface area contributed by atoms with Crippen LogP contribution in [0.2, 0.25) is 0 Å². The molecule has 1 aliphatic heterocycles. The minimum Gasteiger partial charge on any atom is -0.366 e. The van der Waals surface area contributed by atoms with Gasteiger partial charge in [0.1, 0.15) is 5.69 Å². The number of carbonyl (C=O) groups is 1. The fourth-order valence-electron chi connectivity index (χ4n) is 3.11.